The Kier molecular flexibility index (Phi) is 4.54. The molecule has 8 heteroatoms. The monoisotopic (exact) mass is 414 g/mol. The second kappa shape index (κ2) is 7.39. The number of methoxy groups -OCH3 is 1. The number of nitrogens with one attached hydrogen (secondary N) is 1. The molecule has 0 bridgehead atoms. The molecule has 0 fully saturated rings. The number of carbonyl (C=O) groups excluding carboxylic acids is 1. The van der Waals surface area contributed by atoms with Gasteiger partial charge in [-0.25, -0.2) is 14.5 Å². The predicted octanol–water partition coefficient (Wildman–Crippen LogP) is 3.76. The number of fused-ring (bicyclic) bond motifs is 2. The Morgan fingerprint density at radius 3 is 2.90 bits per heavy atom. The number of carbonyl (C=O) groups is 1. The standard InChI is InChI=1S/C23H22N6O2/c1-14-12-24-23(27-22(14)17-13-25-29-8-5-4-6-19(17)29)26-18-11-20-16(10-21(18)31-3)7-9-28(20)15(2)30/h4-6,8,10-13H,7,9H2,1-3H3,(H,24,26,27). The molecule has 0 saturated carbocycles. The predicted molar refractivity (Wildman–Crippen MR) is 119 cm³/mol. The van der Waals surface area contributed by atoms with Gasteiger partial charge in [-0.15, -0.1) is 0 Å². The second-order valence-electron chi connectivity index (χ2n) is 7.54. The van der Waals surface area contributed by atoms with Gasteiger partial charge in [-0.05, 0) is 48.7 Å². The molecule has 0 unspecified atom stereocenters. The molecule has 0 saturated heterocycles. The molecule has 5 rings (SSSR count). The third-order valence-electron chi connectivity index (χ3n) is 5.58. The summed E-state index contributed by atoms with van der Waals surface area (Å²) >= 11 is 0. The zero-order chi connectivity index (χ0) is 21.5. The van der Waals surface area contributed by atoms with Crippen molar-refractivity contribution in [2.24, 2.45) is 0 Å². The molecule has 0 atom stereocenters. The van der Waals surface area contributed by atoms with Crippen LogP contribution in [0.3, 0.4) is 0 Å². The first-order valence-corrected chi connectivity index (χ1v) is 10.1. The topological polar surface area (TPSA) is 84.7 Å². The zero-order valence-corrected chi connectivity index (χ0v) is 17.6. The summed E-state index contributed by atoms with van der Waals surface area (Å²) in [5, 5.41) is 7.70. The van der Waals surface area contributed by atoms with Crippen molar-refractivity contribution in [1.82, 2.24) is 19.6 Å². The summed E-state index contributed by atoms with van der Waals surface area (Å²) in [4.78, 5) is 23.0. The molecule has 156 valence electrons. The van der Waals surface area contributed by atoms with Crippen LogP contribution in [-0.4, -0.2) is 39.1 Å². The number of aryl methyl sites for hydroxylation is 1. The van der Waals surface area contributed by atoms with E-state index in [1.54, 1.807) is 25.1 Å². The van der Waals surface area contributed by atoms with Gasteiger partial charge in [0.05, 0.1) is 30.2 Å². The Morgan fingerprint density at radius 2 is 2.10 bits per heavy atom. The number of hydrogen-bond acceptors (Lipinski definition) is 6. The molecular formula is C23H22N6O2. The number of rotatable bonds is 4. The van der Waals surface area contributed by atoms with Crippen LogP contribution in [0.4, 0.5) is 17.3 Å². The first-order valence-electron chi connectivity index (χ1n) is 10.1. The highest BCUT2D eigenvalue weighted by molar-refractivity contribution is 5.95. The van der Waals surface area contributed by atoms with Crippen molar-refractivity contribution in [2.75, 3.05) is 23.9 Å². The molecule has 1 amide bonds. The van der Waals surface area contributed by atoms with Gasteiger partial charge < -0.3 is 15.0 Å². The number of anilines is 3. The summed E-state index contributed by atoms with van der Waals surface area (Å²) in [6, 6.07) is 9.83. The second-order valence-corrected chi connectivity index (χ2v) is 7.54. The smallest absolute Gasteiger partial charge is 0.227 e. The van der Waals surface area contributed by atoms with Crippen LogP contribution in [0.25, 0.3) is 16.8 Å². The van der Waals surface area contributed by atoms with E-state index in [0.717, 1.165) is 40.0 Å². The van der Waals surface area contributed by atoms with Crippen molar-refractivity contribution in [3.8, 4) is 17.0 Å². The lowest BCUT2D eigenvalue weighted by atomic mass is 10.1. The molecule has 8 nitrogen and oxygen atoms in total. The highest BCUT2D eigenvalue weighted by Crippen LogP contribution is 2.38. The number of aromatic nitrogens is 4. The Bertz CT molecular complexity index is 1310. The molecule has 0 spiro atoms. The largest absolute Gasteiger partial charge is 0.495 e. The number of pyridine rings is 1. The van der Waals surface area contributed by atoms with E-state index in [0.29, 0.717) is 23.9 Å². The number of nitrogens with zero attached hydrogens (tertiary/aromatic N) is 5. The Hall–Kier alpha value is -3.94. The normalized spacial score (nSPS) is 12.8. The maximum absolute atomic E-state index is 12.0. The van der Waals surface area contributed by atoms with E-state index in [2.05, 4.69) is 15.4 Å². The lowest BCUT2D eigenvalue weighted by molar-refractivity contribution is -0.116. The molecule has 4 heterocycles. The first kappa shape index (κ1) is 19.0. The number of ether oxygens (including phenoxy) is 1. The Balaban J connectivity index is 1.55. The maximum atomic E-state index is 12.0. The van der Waals surface area contributed by atoms with Crippen molar-refractivity contribution in [2.45, 2.75) is 20.3 Å². The van der Waals surface area contributed by atoms with Gasteiger partial charge in [-0.1, -0.05) is 6.07 Å². The van der Waals surface area contributed by atoms with Gasteiger partial charge in [0.25, 0.3) is 0 Å². The van der Waals surface area contributed by atoms with Crippen LogP contribution in [0.2, 0.25) is 0 Å². The van der Waals surface area contributed by atoms with Crippen LogP contribution in [0.1, 0.15) is 18.1 Å². The fourth-order valence-corrected chi connectivity index (χ4v) is 4.02. The van der Waals surface area contributed by atoms with Crippen LogP contribution < -0.4 is 15.0 Å². The molecule has 3 aromatic heterocycles. The minimum atomic E-state index is 0.0248. The van der Waals surface area contributed by atoms with Crippen LogP contribution in [0, 0.1) is 6.92 Å². The molecule has 1 N–H and O–H groups in total. The average molecular weight is 414 g/mol. The van der Waals surface area contributed by atoms with Crippen molar-refractivity contribution >= 4 is 28.7 Å². The van der Waals surface area contributed by atoms with E-state index < -0.39 is 0 Å². The molecule has 0 radical (unpaired) electrons. The number of amides is 1. The van der Waals surface area contributed by atoms with E-state index in [1.165, 1.54) is 0 Å². The first-order chi connectivity index (χ1) is 15.0. The third-order valence-corrected chi connectivity index (χ3v) is 5.58. The third kappa shape index (κ3) is 3.26. The van der Waals surface area contributed by atoms with Crippen molar-refractivity contribution < 1.29 is 9.53 Å². The van der Waals surface area contributed by atoms with Crippen molar-refractivity contribution in [1.29, 1.82) is 0 Å². The summed E-state index contributed by atoms with van der Waals surface area (Å²) in [5.41, 5.74) is 6.37. The maximum Gasteiger partial charge on any atom is 0.227 e. The van der Waals surface area contributed by atoms with Gasteiger partial charge in [-0.3, -0.25) is 4.79 Å². The van der Waals surface area contributed by atoms with Gasteiger partial charge in [0.15, 0.2) is 0 Å². The molecule has 0 aliphatic carbocycles. The number of benzene rings is 1. The summed E-state index contributed by atoms with van der Waals surface area (Å²) in [7, 11) is 1.63. The molecule has 1 aliphatic heterocycles. The van der Waals surface area contributed by atoms with Gasteiger partial charge in [0, 0.05) is 37.1 Å². The van der Waals surface area contributed by atoms with Crippen molar-refractivity contribution in [3.05, 3.63) is 60.0 Å². The van der Waals surface area contributed by atoms with Gasteiger partial charge >= 0.3 is 0 Å². The summed E-state index contributed by atoms with van der Waals surface area (Å²) in [5.74, 6) is 1.16. The van der Waals surface area contributed by atoms with Gasteiger partial charge in [0.2, 0.25) is 11.9 Å². The van der Waals surface area contributed by atoms with Crippen molar-refractivity contribution in [3.63, 3.8) is 0 Å². The molecular weight excluding hydrogens is 392 g/mol. The molecule has 1 aliphatic rings. The van der Waals surface area contributed by atoms with E-state index >= 15 is 0 Å². The Morgan fingerprint density at radius 1 is 1.23 bits per heavy atom. The summed E-state index contributed by atoms with van der Waals surface area (Å²) in [6.07, 6.45) is 6.32. The highest BCUT2D eigenvalue weighted by atomic mass is 16.5. The van der Waals surface area contributed by atoms with Crippen LogP contribution >= 0.6 is 0 Å². The SMILES string of the molecule is COc1cc2c(cc1Nc1ncc(C)c(-c3cnn4ccccc34)n1)N(C(C)=O)CC2. The van der Waals surface area contributed by atoms with Crippen LogP contribution in [0.15, 0.2) is 48.9 Å². The van der Waals surface area contributed by atoms with Crippen LogP contribution in [0.5, 0.6) is 5.75 Å². The van der Waals surface area contributed by atoms with Crippen LogP contribution in [-0.2, 0) is 11.2 Å². The van der Waals surface area contributed by atoms with E-state index in [-0.39, 0.29) is 5.91 Å². The minimum absolute atomic E-state index is 0.0248. The average Bonchev–Trinajstić information content (AvgIpc) is 3.38. The highest BCUT2D eigenvalue weighted by Gasteiger charge is 2.25. The zero-order valence-electron chi connectivity index (χ0n) is 17.6. The van der Waals surface area contributed by atoms with E-state index in [4.69, 9.17) is 9.72 Å². The summed E-state index contributed by atoms with van der Waals surface area (Å²) in [6.45, 7) is 4.24. The lowest BCUT2D eigenvalue weighted by Gasteiger charge is -2.18. The molecule has 1 aromatic carbocycles. The lowest BCUT2D eigenvalue weighted by Crippen LogP contribution is -2.25. The number of hydrogen-bond donors (Lipinski definition) is 1. The quantitative estimate of drug-likeness (QED) is 0.547. The van der Waals surface area contributed by atoms with E-state index in [9.17, 15) is 4.79 Å². The Labute approximate surface area is 179 Å². The fraction of sp³-hybridized carbons (Fsp3) is 0.217. The van der Waals surface area contributed by atoms with E-state index in [1.807, 2.05) is 54.2 Å². The minimum Gasteiger partial charge on any atom is -0.495 e. The molecule has 4 aromatic rings. The fourth-order valence-electron chi connectivity index (χ4n) is 4.02. The molecule has 31 heavy (non-hydrogen) atoms. The van der Waals surface area contributed by atoms with Gasteiger partial charge in [0.1, 0.15) is 5.75 Å². The van der Waals surface area contributed by atoms with Gasteiger partial charge in [-0.2, -0.15) is 5.10 Å². The summed E-state index contributed by atoms with van der Waals surface area (Å²) < 4.78 is 7.41.